The molecule has 0 fully saturated rings. The summed E-state index contributed by atoms with van der Waals surface area (Å²) in [6, 6.07) is -0.371. The maximum absolute atomic E-state index is 14.4. The van der Waals surface area contributed by atoms with E-state index < -0.39 is 45.2 Å². The second kappa shape index (κ2) is 16.9. The Morgan fingerprint density at radius 2 is 1.43 bits per heavy atom. The smallest absolute Gasteiger partial charge is 0.357 e. The van der Waals surface area contributed by atoms with Gasteiger partial charge in [0.2, 0.25) is 0 Å². The van der Waals surface area contributed by atoms with Crippen LogP contribution in [-0.4, -0.2) is 54.0 Å². The lowest BCUT2D eigenvalue weighted by Crippen LogP contribution is -2.43. The van der Waals surface area contributed by atoms with Gasteiger partial charge in [0, 0.05) is 15.6 Å². The molecule has 51 heavy (non-hydrogen) atoms. The average molecular weight is 901 g/mol. The van der Waals surface area contributed by atoms with Crippen molar-refractivity contribution in [2.75, 3.05) is 18.5 Å². The highest BCUT2D eigenvalue weighted by molar-refractivity contribution is 9.24. The van der Waals surface area contributed by atoms with E-state index in [1.54, 1.807) is 26.8 Å². The Morgan fingerprint density at radius 1 is 0.882 bits per heavy atom. The highest BCUT2D eigenvalue weighted by Crippen LogP contribution is 2.55. The molecular formula is C35H41Br3N4O9. The van der Waals surface area contributed by atoms with Crippen molar-refractivity contribution >= 4 is 94.0 Å². The Hall–Kier alpha value is -3.50. The van der Waals surface area contributed by atoms with Crippen LogP contribution in [-0.2, 0) is 19.1 Å². The molecule has 4 rings (SSSR count). The zero-order valence-electron chi connectivity index (χ0n) is 29.5. The van der Waals surface area contributed by atoms with Gasteiger partial charge in [-0.3, -0.25) is 9.59 Å². The number of aryl methyl sites for hydroxylation is 2. The van der Waals surface area contributed by atoms with Gasteiger partial charge in [0.05, 0.1) is 39.5 Å². The number of aromatic nitrogens is 1. The van der Waals surface area contributed by atoms with Crippen LogP contribution < -0.4 is 26.3 Å². The van der Waals surface area contributed by atoms with Crippen LogP contribution in [0, 0.1) is 25.7 Å². The van der Waals surface area contributed by atoms with Crippen molar-refractivity contribution in [3.63, 3.8) is 0 Å². The van der Waals surface area contributed by atoms with Crippen LogP contribution in [0.25, 0.3) is 11.1 Å². The standard InChI is InChI=1S/C35H41Br3N4O9/c1-9-48-34(46)20(11-14(3)4)40-31(43)18-13-19(36)22(30(37)38)29-24(18)42-26-23(32(44)41-21(12-15(5)6)35(47)49-10-2)25-28(16(7)27(26)50-29)51-33(45)17(8)39-25/h13-15,20-21,30,42H,9-12H2,1-8H3,(H,40,43)(H,41,44). The number of hydrogen-bond acceptors (Lipinski definition) is 11. The quantitative estimate of drug-likeness (QED) is 0.0890. The van der Waals surface area contributed by atoms with E-state index in [2.05, 4.69) is 68.7 Å². The third-order valence-corrected chi connectivity index (χ3v) is 9.53. The molecule has 2 atom stereocenters. The van der Waals surface area contributed by atoms with Gasteiger partial charge in [-0.1, -0.05) is 75.5 Å². The second-order valence-electron chi connectivity index (χ2n) is 12.8. The number of alkyl halides is 2. The number of nitrogens with zero attached hydrogens (tertiary/aromatic N) is 1. The van der Waals surface area contributed by atoms with E-state index in [-0.39, 0.29) is 82.3 Å². The van der Waals surface area contributed by atoms with E-state index in [0.29, 0.717) is 22.0 Å². The van der Waals surface area contributed by atoms with Gasteiger partial charge >= 0.3 is 17.6 Å². The van der Waals surface area contributed by atoms with Crippen LogP contribution in [0.1, 0.15) is 95.7 Å². The first-order valence-electron chi connectivity index (χ1n) is 16.5. The largest absolute Gasteiger partial charge is 0.464 e. The highest BCUT2D eigenvalue weighted by Gasteiger charge is 2.37. The van der Waals surface area contributed by atoms with Crippen LogP contribution >= 0.6 is 47.8 Å². The Morgan fingerprint density at radius 3 is 1.94 bits per heavy atom. The Balaban J connectivity index is 1.97. The minimum absolute atomic E-state index is 0.0000127. The number of carbonyl (C=O) groups is 4. The normalized spacial score (nSPS) is 13.2. The molecule has 1 aliphatic rings. The van der Waals surface area contributed by atoms with Gasteiger partial charge in [-0.25, -0.2) is 19.4 Å². The predicted molar refractivity (Wildman–Crippen MR) is 203 cm³/mol. The molecule has 0 saturated heterocycles. The molecule has 1 aromatic heterocycles. The summed E-state index contributed by atoms with van der Waals surface area (Å²) in [4.78, 5) is 71.4. The molecule has 3 aromatic rings. The first-order chi connectivity index (χ1) is 24.0. The molecular weight excluding hydrogens is 860 g/mol. The van der Waals surface area contributed by atoms with E-state index in [1.165, 1.54) is 6.92 Å². The van der Waals surface area contributed by atoms with Crippen LogP contribution in [0.2, 0.25) is 0 Å². The summed E-state index contributed by atoms with van der Waals surface area (Å²) in [5.41, 5.74) is 0.534. The summed E-state index contributed by atoms with van der Waals surface area (Å²) < 4.78 is 22.7. The van der Waals surface area contributed by atoms with Gasteiger partial charge in [-0.2, -0.15) is 0 Å². The molecule has 0 aliphatic carbocycles. The number of esters is 2. The maximum Gasteiger partial charge on any atom is 0.357 e. The summed E-state index contributed by atoms with van der Waals surface area (Å²) in [6.45, 7) is 14.4. The number of hydrogen-bond donors (Lipinski definition) is 3. The highest BCUT2D eigenvalue weighted by atomic mass is 79.9. The molecule has 1 aliphatic heterocycles. The number of ether oxygens (including phenoxy) is 3. The molecule has 2 aromatic carbocycles. The predicted octanol–water partition coefficient (Wildman–Crippen LogP) is 7.62. The molecule has 0 spiro atoms. The molecule has 0 saturated carbocycles. The van der Waals surface area contributed by atoms with Crippen molar-refractivity contribution in [3.8, 4) is 11.5 Å². The number of halogens is 3. The SMILES string of the molecule is CCOC(=O)C(CC(C)C)NC(=O)c1cc(Br)c(C(Br)Br)c2c1Nc1c(c(C)c3oc(=O)c(C)nc3c1C(=O)NC(CC(C)C)C(=O)OCC)O2. The summed E-state index contributed by atoms with van der Waals surface area (Å²) >= 11 is 10.7. The lowest BCUT2D eigenvalue weighted by atomic mass is 9.98. The van der Waals surface area contributed by atoms with Gasteiger partial charge in [0.1, 0.15) is 23.3 Å². The third-order valence-electron chi connectivity index (χ3n) is 7.96. The summed E-state index contributed by atoms with van der Waals surface area (Å²) in [7, 11) is 0. The van der Waals surface area contributed by atoms with E-state index in [9.17, 15) is 24.0 Å². The number of benzene rings is 2. The van der Waals surface area contributed by atoms with Gasteiger partial charge in [0.25, 0.3) is 11.8 Å². The summed E-state index contributed by atoms with van der Waals surface area (Å²) in [6.07, 6.45) is 0.607. The lowest BCUT2D eigenvalue weighted by Gasteiger charge is -2.30. The Kier molecular flexibility index (Phi) is 13.3. The fourth-order valence-electron chi connectivity index (χ4n) is 5.70. The fraction of sp³-hybridized carbons (Fsp3) is 0.486. The monoisotopic (exact) mass is 898 g/mol. The second-order valence-corrected chi connectivity index (χ2v) is 16.7. The fourth-order valence-corrected chi connectivity index (χ4v) is 7.86. The van der Waals surface area contributed by atoms with Gasteiger partial charge in [-0.05, 0) is 58.4 Å². The van der Waals surface area contributed by atoms with E-state index >= 15 is 0 Å². The number of amides is 2. The molecule has 0 radical (unpaired) electrons. The topological polar surface area (TPSA) is 175 Å². The molecule has 16 heteroatoms. The van der Waals surface area contributed by atoms with Crippen molar-refractivity contribution in [1.29, 1.82) is 0 Å². The van der Waals surface area contributed by atoms with Crippen molar-refractivity contribution in [2.45, 2.75) is 84.1 Å². The van der Waals surface area contributed by atoms with E-state index in [1.807, 2.05) is 27.7 Å². The Labute approximate surface area is 320 Å². The minimum atomic E-state index is -1.01. The van der Waals surface area contributed by atoms with Crippen LogP contribution in [0.5, 0.6) is 11.5 Å². The summed E-state index contributed by atoms with van der Waals surface area (Å²) in [5.74, 6) is -2.11. The van der Waals surface area contributed by atoms with Gasteiger partial charge in [-0.15, -0.1) is 0 Å². The molecule has 276 valence electrons. The Bertz CT molecular complexity index is 1930. The number of rotatable bonds is 13. The number of fused-ring (bicyclic) bond motifs is 3. The number of anilines is 2. The number of carbonyl (C=O) groups excluding carboxylic acids is 4. The van der Waals surface area contributed by atoms with Crippen LogP contribution in [0.4, 0.5) is 11.4 Å². The van der Waals surface area contributed by atoms with Gasteiger partial charge < -0.3 is 34.6 Å². The van der Waals surface area contributed by atoms with Crippen LogP contribution in [0.15, 0.2) is 19.8 Å². The van der Waals surface area contributed by atoms with Crippen molar-refractivity contribution < 1.29 is 37.8 Å². The zero-order valence-corrected chi connectivity index (χ0v) is 34.3. The molecule has 3 N–H and O–H groups in total. The molecule has 2 heterocycles. The van der Waals surface area contributed by atoms with Crippen molar-refractivity contribution in [1.82, 2.24) is 15.6 Å². The van der Waals surface area contributed by atoms with Crippen LogP contribution in [0.3, 0.4) is 0 Å². The van der Waals surface area contributed by atoms with Crippen molar-refractivity contribution in [3.05, 3.63) is 48.9 Å². The molecule has 0 bridgehead atoms. The average Bonchev–Trinajstić information content (AvgIpc) is 3.03. The summed E-state index contributed by atoms with van der Waals surface area (Å²) in [5, 5.41) is 8.87. The maximum atomic E-state index is 14.4. The molecule has 2 amide bonds. The molecule has 2 unspecified atom stereocenters. The minimum Gasteiger partial charge on any atom is -0.464 e. The third kappa shape index (κ3) is 8.76. The molecule has 13 nitrogen and oxygen atoms in total. The van der Waals surface area contributed by atoms with Gasteiger partial charge in [0.15, 0.2) is 17.1 Å². The van der Waals surface area contributed by atoms with E-state index in [4.69, 9.17) is 18.6 Å². The lowest BCUT2D eigenvalue weighted by molar-refractivity contribution is -0.146. The first kappa shape index (κ1) is 40.3. The zero-order chi connectivity index (χ0) is 37.9. The first-order valence-corrected chi connectivity index (χ1v) is 19.1. The van der Waals surface area contributed by atoms with E-state index in [0.717, 1.165) is 0 Å². The number of nitrogens with one attached hydrogen (secondary N) is 3. The van der Waals surface area contributed by atoms with Crippen molar-refractivity contribution in [2.24, 2.45) is 11.8 Å².